The predicted octanol–water partition coefficient (Wildman–Crippen LogP) is 6.45. The Morgan fingerprint density at radius 3 is 2.18 bits per heavy atom. The molecular formula is C21H12ClF4NO7. The minimum atomic E-state index is -4.83. The average Bonchev–Trinajstić information content (AvgIpc) is 2.75. The first-order valence-corrected chi connectivity index (χ1v) is 9.47. The van der Waals surface area contributed by atoms with Crippen molar-refractivity contribution in [2.45, 2.75) is 6.18 Å². The van der Waals surface area contributed by atoms with Gasteiger partial charge in [-0.05, 0) is 42.5 Å². The topological polar surface area (TPSA) is 108 Å². The molecule has 0 spiro atoms. The molecule has 1 N–H and O–H groups in total. The Hall–Kier alpha value is -4.06. The lowest BCUT2D eigenvalue weighted by Gasteiger charge is -2.13. The maximum atomic E-state index is 14.2. The Kier molecular flexibility index (Phi) is 7.11. The van der Waals surface area contributed by atoms with Gasteiger partial charge in [-0.2, -0.15) is 13.2 Å². The van der Waals surface area contributed by atoms with Crippen LogP contribution in [0.25, 0.3) is 0 Å². The number of ether oxygens (including phenoxy) is 3. The van der Waals surface area contributed by atoms with Crippen LogP contribution in [0, 0.1) is 15.9 Å². The summed E-state index contributed by atoms with van der Waals surface area (Å²) in [4.78, 5) is 21.1. The first-order valence-electron chi connectivity index (χ1n) is 9.09. The summed E-state index contributed by atoms with van der Waals surface area (Å²) < 4.78 is 68.4. The maximum absolute atomic E-state index is 14.2. The zero-order valence-electron chi connectivity index (χ0n) is 16.6. The van der Waals surface area contributed by atoms with Crippen LogP contribution in [0.2, 0.25) is 5.02 Å². The quantitative estimate of drug-likeness (QED) is 0.214. The number of hydrogen-bond acceptors (Lipinski definition) is 6. The van der Waals surface area contributed by atoms with Gasteiger partial charge in [-0.3, -0.25) is 10.1 Å². The molecule has 13 heteroatoms. The summed E-state index contributed by atoms with van der Waals surface area (Å²) in [5.74, 6) is -3.52. The number of nitro groups is 1. The van der Waals surface area contributed by atoms with E-state index in [9.17, 15) is 32.5 Å². The van der Waals surface area contributed by atoms with E-state index in [4.69, 9.17) is 30.9 Å². The van der Waals surface area contributed by atoms with Crippen molar-refractivity contribution < 1.29 is 46.6 Å². The van der Waals surface area contributed by atoms with Gasteiger partial charge in [-0.15, -0.1) is 0 Å². The van der Waals surface area contributed by atoms with Gasteiger partial charge in [-0.25, -0.2) is 9.18 Å². The van der Waals surface area contributed by atoms with Gasteiger partial charge in [0.1, 0.15) is 17.2 Å². The third-order valence-corrected chi connectivity index (χ3v) is 4.37. The minimum Gasteiger partial charge on any atom is -0.482 e. The first kappa shape index (κ1) is 24.6. The third-order valence-electron chi connectivity index (χ3n) is 4.09. The smallest absolute Gasteiger partial charge is 0.416 e. The number of alkyl halides is 3. The Balaban J connectivity index is 1.87. The van der Waals surface area contributed by atoms with E-state index in [2.05, 4.69) is 0 Å². The van der Waals surface area contributed by atoms with Gasteiger partial charge in [0.15, 0.2) is 18.2 Å². The van der Waals surface area contributed by atoms with Crippen molar-refractivity contribution in [3.05, 3.63) is 81.1 Å². The van der Waals surface area contributed by atoms with Crippen molar-refractivity contribution in [3.8, 4) is 28.7 Å². The molecular weight excluding hydrogens is 490 g/mol. The minimum absolute atomic E-state index is 0.0988. The zero-order chi connectivity index (χ0) is 25.0. The Morgan fingerprint density at radius 1 is 1.00 bits per heavy atom. The highest BCUT2D eigenvalue weighted by atomic mass is 35.5. The second kappa shape index (κ2) is 9.83. The Morgan fingerprint density at radius 2 is 1.62 bits per heavy atom. The van der Waals surface area contributed by atoms with Crippen molar-refractivity contribution in [2.75, 3.05) is 6.61 Å². The SMILES string of the molecule is O=C(O)COc1ccc(Oc2cc(Oc3c(F)cc(C(F)(F)F)cc3Cl)ccc2[N+](=O)[O-])cc1. The number of aliphatic carboxylic acids is 1. The number of carboxylic acid groups (broad SMARTS) is 1. The summed E-state index contributed by atoms with van der Waals surface area (Å²) in [6, 6.07) is 9.21. The normalized spacial score (nSPS) is 11.1. The highest BCUT2D eigenvalue weighted by Crippen LogP contribution is 2.41. The lowest BCUT2D eigenvalue weighted by Crippen LogP contribution is -2.09. The fourth-order valence-corrected chi connectivity index (χ4v) is 2.85. The molecule has 0 bridgehead atoms. The molecule has 8 nitrogen and oxygen atoms in total. The fraction of sp³-hybridized carbons (Fsp3) is 0.0952. The van der Waals surface area contributed by atoms with E-state index in [1.165, 1.54) is 24.3 Å². The molecule has 3 aromatic rings. The van der Waals surface area contributed by atoms with Crippen LogP contribution in [0.15, 0.2) is 54.6 Å². The Labute approximate surface area is 193 Å². The first-order chi connectivity index (χ1) is 15.9. The number of carbonyl (C=O) groups is 1. The Bertz CT molecular complexity index is 1210. The summed E-state index contributed by atoms with van der Waals surface area (Å²) in [7, 11) is 0. The summed E-state index contributed by atoms with van der Waals surface area (Å²) in [5.41, 5.74) is -1.80. The van der Waals surface area contributed by atoms with Crippen molar-refractivity contribution in [1.29, 1.82) is 0 Å². The largest absolute Gasteiger partial charge is 0.482 e. The highest BCUT2D eigenvalue weighted by molar-refractivity contribution is 6.32. The molecule has 0 aliphatic rings. The standard InChI is InChI=1S/C21H12ClF4NO7/c22-15-7-11(21(24,25)26)8-16(23)20(15)34-14-5-6-17(27(30)31)18(9-14)33-13-3-1-12(2-4-13)32-10-19(28)29/h1-9H,10H2,(H,28,29). The molecule has 0 saturated heterocycles. The molecule has 34 heavy (non-hydrogen) atoms. The fourth-order valence-electron chi connectivity index (χ4n) is 2.61. The van der Waals surface area contributed by atoms with Crippen molar-refractivity contribution in [3.63, 3.8) is 0 Å². The summed E-state index contributed by atoms with van der Waals surface area (Å²) in [6.07, 6.45) is -4.83. The lowest BCUT2D eigenvalue weighted by molar-refractivity contribution is -0.385. The van der Waals surface area contributed by atoms with Crippen LogP contribution >= 0.6 is 11.6 Å². The molecule has 0 amide bonds. The maximum Gasteiger partial charge on any atom is 0.416 e. The number of benzene rings is 3. The number of nitro benzene ring substituents is 1. The van der Waals surface area contributed by atoms with Gasteiger partial charge < -0.3 is 19.3 Å². The van der Waals surface area contributed by atoms with Crippen LogP contribution in [0.4, 0.5) is 23.2 Å². The number of hydrogen-bond donors (Lipinski definition) is 1. The molecule has 0 unspecified atom stereocenters. The second-order valence-electron chi connectivity index (χ2n) is 6.51. The molecule has 178 valence electrons. The van der Waals surface area contributed by atoms with E-state index in [-0.39, 0.29) is 29.1 Å². The van der Waals surface area contributed by atoms with Gasteiger partial charge in [-0.1, -0.05) is 11.6 Å². The van der Waals surface area contributed by atoms with Crippen molar-refractivity contribution >= 4 is 23.3 Å². The molecule has 0 atom stereocenters. The number of nitrogens with zero attached hydrogens (tertiary/aromatic N) is 1. The van der Waals surface area contributed by atoms with E-state index in [1.807, 2.05) is 0 Å². The van der Waals surface area contributed by atoms with Crippen LogP contribution in [-0.4, -0.2) is 22.6 Å². The van der Waals surface area contributed by atoms with Crippen molar-refractivity contribution in [1.82, 2.24) is 0 Å². The van der Waals surface area contributed by atoms with Gasteiger partial charge in [0.2, 0.25) is 5.75 Å². The molecule has 0 aliphatic carbocycles. The van der Waals surface area contributed by atoms with Crippen LogP contribution < -0.4 is 14.2 Å². The van der Waals surface area contributed by atoms with Gasteiger partial charge in [0.05, 0.1) is 15.5 Å². The zero-order valence-corrected chi connectivity index (χ0v) is 17.4. The van der Waals surface area contributed by atoms with E-state index >= 15 is 0 Å². The van der Waals surface area contributed by atoms with Crippen LogP contribution in [-0.2, 0) is 11.0 Å². The number of rotatable bonds is 8. The average molecular weight is 502 g/mol. The predicted molar refractivity (Wildman–Crippen MR) is 109 cm³/mol. The molecule has 0 saturated carbocycles. The second-order valence-corrected chi connectivity index (χ2v) is 6.92. The molecule has 0 fully saturated rings. The van der Waals surface area contributed by atoms with Gasteiger partial charge in [0, 0.05) is 12.1 Å². The van der Waals surface area contributed by atoms with Crippen LogP contribution in [0.1, 0.15) is 5.56 Å². The number of carboxylic acids is 1. The summed E-state index contributed by atoms with van der Waals surface area (Å²) >= 11 is 5.75. The molecule has 3 aromatic carbocycles. The van der Waals surface area contributed by atoms with Gasteiger partial charge in [0.25, 0.3) is 0 Å². The van der Waals surface area contributed by atoms with E-state index in [1.54, 1.807) is 0 Å². The monoisotopic (exact) mass is 501 g/mol. The van der Waals surface area contributed by atoms with Crippen LogP contribution in [0.3, 0.4) is 0 Å². The number of halogens is 5. The molecule has 0 heterocycles. The molecule has 0 radical (unpaired) electrons. The van der Waals surface area contributed by atoms with Gasteiger partial charge >= 0.3 is 17.8 Å². The lowest BCUT2D eigenvalue weighted by atomic mass is 10.2. The van der Waals surface area contributed by atoms with E-state index < -0.39 is 51.5 Å². The highest BCUT2D eigenvalue weighted by Gasteiger charge is 2.33. The summed E-state index contributed by atoms with van der Waals surface area (Å²) in [6.45, 7) is -0.575. The molecule has 0 aliphatic heterocycles. The van der Waals surface area contributed by atoms with E-state index in [0.717, 1.165) is 18.2 Å². The van der Waals surface area contributed by atoms with Crippen molar-refractivity contribution in [2.24, 2.45) is 0 Å². The molecule has 0 aromatic heterocycles. The summed E-state index contributed by atoms with van der Waals surface area (Å²) in [5, 5.41) is 19.3. The van der Waals surface area contributed by atoms with E-state index in [0.29, 0.717) is 6.07 Å². The molecule has 3 rings (SSSR count). The third kappa shape index (κ3) is 6.04. The van der Waals surface area contributed by atoms with Crippen LogP contribution in [0.5, 0.6) is 28.7 Å².